The third-order valence-corrected chi connectivity index (χ3v) is 5.55. The monoisotopic (exact) mass is 387 g/mol. The summed E-state index contributed by atoms with van der Waals surface area (Å²) in [5.74, 6) is 0.776. The number of hydrogen-bond acceptors (Lipinski definition) is 3. The summed E-state index contributed by atoms with van der Waals surface area (Å²) in [7, 11) is 0. The zero-order valence-electron chi connectivity index (χ0n) is 16.5. The van der Waals surface area contributed by atoms with Crippen molar-refractivity contribution in [1.82, 2.24) is 4.90 Å². The van der Waals surface area contributed by atoms with E-state index >= 15 is 0 Å². The Morgan fingerprint density at radius 3 is 2.48 bits per heavy atom. The molecule has 4 nitrogen and oxygen atoms in total. The van der Waals surface area contributed by atoms with Gasteiger partial charge in [0.05, 0.1) is 6.04 Å². The molecule has 1 saturated heterocycles. The summed E-state index contributed by atoms with van der Waals surface area (Å²) in [6.07, 6.45) is 1.57. The van der Waals surface area contributed by atoms with E-state index in [1.807, 2.05) is 60.7 Å². The van der Waals surface area contributed by atoms with E-state index in [-0.39, 0.29) is 6.04 Å². The molecule has 4 heteroatoms. The molecular weight excluding hydrogens is 362 g/mol. The van der Waals surface area contributed by atoms with Gasteiger partial charge in [-0.05, 0) is 60.7 Å². The predicted molar refractivity (Wildman–Crippen MR) is 113 cm³/mol. The lowest BCUT2D eigenvalue weighted by Gasteiger charge is -2.33. The quantitative estimate of drug-likeness (QED) is 0.613. The minimum Gasteiger partial charge on any atom is -0.480 e. The molecular formula is C25H25NO3. The third-order valence-electron chi connectivity index (χ3n) is 5.55. The van der Waals surface area contributed by atoms with Crippen molar-refractivity contribution in [2.75, 3.05) is 6.54 Å². The van der Waals surface area contributed by atoms with Crippen molar-refractivity contribution in [2.45, 2.75) is 31.8 Å². The number of likely N-dealkylation sites (tertiary alicyclic amines) is 1. The lowest BCUT2D eigenvalue weighted by molar-refractivity contribution is -0.142. The summed E-state index contributed by atoms with van der Waals surface area (Å²) in [5.41, 5.74) is 3.33. The minimum absolute atomic E-state index is 0.126. The van der Waals surface area contributed by atoms with Gasteiger partial charge in [-0.25, -0.2) is 0 Å². The van der Waals surface area contributed by atoms with Crippen LogP contribution in [-0.2, 0) is 4.79 Å². The van der Waals surface area contributed by atoms with Gasteiger partial charge in [-0.1, -0.05) is 54.6 Å². The van der Waals surface area contributed by atoms with Crippen LogP contribution in [0.15, 0.2) is 78.9 Å². The number of aryl methyl sites for hydroxylation is 1. The Labute approximate surface area is 171 Å². The minimum atomic E-state index is -0.752. The summed E-state index contributed by atoms with van der Waals surface area (Å²) in [6, 6.07) is 25.3. The first-order valence-corrected chi connectivity index (χ1v) is 10.0. The smallest absolute Gasteiger partial charge is 0.320 e. The lowest BCUT2D eigenvalue weighted by Crippen LogP contribution is -2.39. The van der Waals surface area contributed by atoms with E-state index in [4.69, 9.17) is 4.74 Å². The van der Waals surface area contributed by atoms with E-state index in [0.717, 1.165) is 41.2 Å². The molecule has 2 atom stereocenters. The Kier molecular flexibility index (Phi) is 5.63. The molecule has 1 aliphatic rings. The van der Waals surface area contributed by atoms with Gasteiger partial charge in [0.1, 0.15) is 17.5 Å². The van der Waals surface area contributed by atoms with Crippen LogP contribution in [0, 0.1) is 6.92 Å². The Morgan fingerprint density at radius 1 is 1.00 bits per heavy atom. The molecule has 0 saturated carbocycles. The second-order valence-electron chi connectivity index (χ2n) is 7.48. The zero-order chi connectivity index (χ0) is 20.2. The first-order valence-electron chi connectivity index (χ1n) is 10.0. The maximum atomic E-state index is 11.9. The second kappa shape index (κ2) is 8.50. The van der Waals surface area contributed by atoms with Crippen molar-refractivity contribution < 1.29 is 14.6 Å². The number of aliphatic carboxylic acids is 1. The molecule has 0 amide bonds. The molecule has 0 radical (unpaired) electrons. The number of para-hydroxylation sites is 1. The number of nitrogens with zero attached hydrogens (tertiary/aromatic N) is 1. The van der Waals surface area contributed by atoms with Crippen LogP contribution in [0.25, 0.3) is 0 Å². The average Bonchev–Trinajstić information content (AvgIpc) is 3.21. The topological polar surface area (TPSA) is 49.8 Å². The number of benzene rings is 3. The molecule has 4 rings (SSSR count). The summed E-state index contributed by atoms with van der Waals surface area (Å²) >= 11 is 0. The van der Waals surface area contributed by atoms with Gasteiger partial charge in [-0.2, -0.15) is 0 Å². The van der Waals surface area contributed by atoms with Crippen LogP contribution in [0.3, 0.4) is 0 Å². The Hall–Kier alpha value is -3.11. The molecule has 3 aromatic carbocycles. The molecule has 0 aromatic heterocycles. The van der Waals surface area contributed by atoms with Crippen LogP contribution in [0.2, 0.25) is 0 Å². The summed E-state index contributed by atoms with van der Waals surface area (Å²) < 4.78 is 6.04. The van der Waals surface area contributed by atoms with Crippen molar-refractivity contribution in [3.8, 4) is 11.5 Å². The van der Waals surface area contributed by atoms with Gasteiger partial charge in [-0.15, -0.1) is 0 Å². The van der Waals surface area contributed by atoms with Crippen LogP contribution < -0.4 is 4.74 Å². The van der Waals surface area contributed by atoms with Gasteiger partial charge in [-0.3, -0.25) is 9.69 Å². The van der Waals surface area contributed by atoms with Gasteiger partial charge in [0.2, 0.25) is 0 Å². The van der Waals surface area contributed by atoms with Gasteiger partial charge in [0, 0.05) is 6.54 Å². The van der Waals surface area contributed by atoms with Crippen molar-refractivity contribution in [3.05, 3.63) is 95.6 Å². The summed E-state index contributed by atoms with van der Waals surface area (Å²) in [5, 5.41) is 9.78. The maximum absolute atomic E-state index is 11.9. The highest BCUT2D eigenvalue weighted by molar-refractivity contribution is 5.74. The Balaban J connectivity index is 1.75. The van der Waals surface area contributed by atoms with Crippen molar-refractivity contribution in [3.63, 3.8) is 0 Å². The van der Waals surface area contributed by atoms with E-state index < -0.39 is 12.0 Å². The standard InChI is InChI=1S/C25H25NO3/c1-18-9-5-6-14-22(18)24(26-16-8-15-23(26)25(27)28)19-10-7-13-21(17-19)29-20-11-3-2-4-12-20/h2-7,9-14,17,23-24H,8,15-16H2,1H3,(H,27,28). The highest BCUT2D eigenvalue weighted by atomic mass is 16.5. The fourth-order valence-corrected chi connectivity index (χ4v) is 4.18. The highest BCUT2D eigenvalue weighted by Gasteiger charge is 2.37. The molecule has 1 aliphatic heterocycles. The molecule has 0 aliphatic carbocycles. The SMILES string of the molecule is Cc1ccccc1C(c1cccc(Oc2ccccc2)c1)N1CCCC1C(=O)O. The second-order valence-corrected chi connectivity index (χ2v) is 7.48. The van der Waals surface area contributed by atoms with E-state index in [0.29, 0.717) is 6.42 Å². The van der Waals surface area contributed by atoms with E-state index in [9.17, 15) is 9.90 Å². The van der Waals surface area contributed by atoms with E-state index in [1.165, 1.54) is 0 Å². The van der Waals surface area contributed by atoms with E-state index in [1.54, 1.807) is 0 Å². The summed E-state index contributed by atoms with van der Waals surface area (Å²) in [6.45, 7) is 2.85. The first-order chi connectivity index (χ1) is 14.1. The molecule has 1 fully saturated rings. The molecule has 2 unspecified atom stereocenters. The zero-order valence-corrected chi connectivity index (χ0v) is 16.5. The van der Waals surface area contributed by atoms with Crippen LogP contribution in [0.4, 0.5) is 0 Å². The van der Waals surface area contributed by atoms with Gasteiger partial charge in [0.15, 0.2) is 0 Å². The third kappa shape index (κ3) is 4.17. The van der Waals surface area contributed by atoms with Gasteiger partial charge in [0.25, 0.3) is 0 Å². The summed E-state index contributed by atoms with van der Waals surface area (Å²) in [4.78, 5) is 14.0. The molecule has 0 bridgehead atoms. The van der Waals surface area contributed by atoms with Gasteiger partial charge >= 0.3 is 5.97 Å². The lowest BCUT2D eigenvalue weighted by atomic mass is 9.93. The molecule has 1 heterocycles. The number of carboxylic acid groups (broad SMARTS) is 1. The molecule has 1 N–H and O–H groups in total. The van der Waals surface area contributed by atoms with Crippen LogP contribution in [0.5, 0.6) is 11.5 Å². The number of hydrogen-bond donors (Lipinski definition) is 1. The predicted octanol–water partition coefficient (Wildman–Crippen LogP) is 5.43. The first kappa shape index (κ1) is 19.2. The molecule has 29 heavy (non-hydrogen) atoms. The number of carboxylic acids is 1. The van der Waals surface area contributed by atoms with Crippen LogP contribution in [-0.4, -0.2) is 28.6 Å². The number of ether oxygens (including phenoxy) is 1. The Bertz CT molecular complexity index is 986. The number of rotatable bonds is 6. The Morgan fingerprint density at radius 2 is 1.72 bits per heavy atom. The maximum Gasteiger partial charge on any atom is 0.320 e. The van der Waals surface area contributed by atoms with Crippen LogP contribution in [0.1, 0.15) is 35.6 Å². The van der Waals surface area contributed by atoms with Gasteiger partial charge < -0.3 is 9.84 Å². The molecule has 3 aromatic rings. The van der Waals surface area contributed by atoms with Crippen molar-refractivity contribution in [2.24, 2.45) is 0 Å². The average molecular weight is 387 g/mol. The number of carbonyl (C=O) groups is 1. The molecule has 0 spiro atoms. The normalized spacial score (nSPS) is 17.8. The largest absolute Gasteiger partial charge is 0.480 e. The van der Waals surface area contributed by atoms with E-state index in [2.05, 4.69) is 30.0 Å². The highest BCUT2D eigenvalue weighted by Crippen LogP contribution is 2.37. The van der Waals surface area contributed by atoms with Crippen molar-refractivity contribution >= 4 is 5.97 Å². The fourth-order valence-electron chi connectivity index (χ4n) is 4.18. The molecule has 148 valence electrons. The van der Waals surface area contributed by atoms with Crippen LogP contribution >= 0.6 is 0 Å². The van der Waals surface area contributed by atoms with Crippen molar-refractivity contribution in [1.29, 1.82) is 0 Å². The fraction of sp³-hybridized carbons (Fsp3) is 0.240.